The van der Waals surface area contributed by atoms with Gasteiger partial charge in [0.1, 0.15) is 16.6 Å². The van der Waals surface area contributed by atoms with Crippen LogP contribution in [0.2, 0.25) is 0 Å². The maximum absolute atomic E-state index is 12.6. The minimum Gasteiger partial charge on any atom is -0.317 e. The molecule has 0 radical (unpaired) electrons. The van der Waals surface area contributed by atoms with Crippen LogP contribution >= 0.6 is 11.3 Å². The summed E-state index contributed by atoms with van der Waals surface area (Å²) in [5, 5.41) is 21.6. The number of rotatable bonds is 6. The van der Waals surface area contributed by atoms with Gasteiger partial charge in [-0.25, -0.2) is 0 Å². The first-order chi connectivity index (χ1) is 13.9. The van der Waals surface area contributed by atoms with E-state index >= 15 is 0 Å². The number of nitriles is 1. The number of hydrogen-bond donors (Lipinski definition) is 1. The van der Waals surface area contributed by atoms with Crippen molar-refractivity contribution < 1.29 is 4.79 Å². The molecule has 1 N–H and O–H groups in total. The Balaban J connectivity index is 1.86. The molecule has 0 saturated carbocycles. The van der Waals surface area contributed by atoms with Gasteiger partial charge in [-0.15, -0.1) is 10.2 Å². The number of nitrogens with zero attached hydrogens (tertiary/aromatic N) is 4. The lowest BCUT2D eigenvalue weighted by atomic mass is 10.1. The molecule has 2 heterocycles. The number of carbonyl (C=O) groups excluding carboxylic acids is 1. The van der Waals surface area contributed by atoms with Crippen molar-refractivity contribution in [3.05, 3.63) is 63.9 Å². The predicted octanol–water partition coefficient (Wildman–Crippen LogP) is 4.69. The number of nitrogens with one attached hydrogen (secondary N) is 1. The van der Waals surface area contributed by atoms with E-state index in [0.29, 0.717) is 11.0 Å². The van der Waals surface area contributed by atoms with Gasteiger partial charge in [0, 0.05) is 18.3 Å². The molecule has 29 heavy (non-hydrogen) atoms. The number of anilines is 1. The Morgan fingerprint density at radius 2 is 1.97 bits per heavy atom. The summed E-state index contributed by atoms with van der Waals surface area (Å²) < 4.78 is 1.99. The number of benzene rings is 1. The zero-order chi connectivity index (χ0) is 21.0. The standard InChI is InChI=1S/C22H23N5OS/c1-14(2)11-19-25-26-22(29-19)24-21(28)17(13-23)12-18-9-6-10-27(18)20-15(3)7-5-8-16(20)4/h5-10,12,14H,11H2,1-4H3,(H,24,26,28). The van der Waals surface area contributed by atoms with Gasteiger partial charge >= 0.3 is 0 Å². The number of amides is 1. The summed E-state index contributed by atoms with van der Waals surface area (Å²) in [5.41, 5.74) is 4.04. The summed E-state index contributed by atoms with van der Waals surface area (Å²) in [5.74, 6) is -0.0345. The van der Waals surface area contributed by atoms with Gasteiger partial charge in [-0.2, -0.15) is 5.26 Å². The summed E-state index contributed by atoms with van der Waals surface area (Å²) >= 11 is 1.33. The maximum atomic E-state index is 12.6. The summed E-state index contributed by atoms with van der Waals surface area (Å²) in [6.07, 6.45) is 4.33. The third-order valence-corrected chi connectivity index (χ3v) is 5.25. The van der Waals surface area contributed by atoms with Crippen molar-refractivity contribution in [3.63, 3.8) is 0 Å². The fraction of sp³-hybridized carbons (Fsp3) is 0.273. The van der Waals surface area contributed by atoms with E-state index < -0.39 is 5.91 Å². The van der Waals surface area contributed by atoms with Gasteiger partial charge in [0.25, 0.3) is 5.91 Å². The number of para-hydroxylation sites is 1. The minimum atomic E-state index is -0.492. The van der Waals surface area contributed by atoms with E-state index in [1.165, 1.54) is 11.3 Å². The van der Waals surface area contributed by atoms with Gasteiger partial charge < -0.3 is 4.57 Å². The van der Waals surface area contributed by atoms with E-state index in [1.807, 2.05) is 61.0 Å². The van der Waals surface area contributed by atoms with Crippen molar-refractivity contribution >= 4 is 28.5 Å². The highest BCUT2D eigenvalue weighted by Gasteiger charge is 2.15. The monoisotopic (exact) mass is 405 g/mol. The average molecular weight is 406 g/mol. The molecule has 0 atom stereocenters. The van der Waals surface area contributed by atoms with Crippen molar-refractivity contribution in [3.8, 4) is 11.8 Å². The van der Waals surface area contributed by atoms with Crippen molar-refractivity contribution in [2.75, 3.05) is 5.32 Å². The van der Waals surface area contributed by atoms with Crippen LogP contribution in [0.3, 0.4) is 0 Å². The van der Waals surface area contributed by atoms with E-state index in [-0.39, 0.29) is 5.57 Å². The number of hydrogen-bond acceptors (Lipinski definition) is 5. The van der Waals surface area contributed by atoms with Gasteiger partial charge in [-0.1, -0.05) is 43.4 Å². The molecule has 1 amide bonds. The smallest absolute Gasteiger partial charge is 0.268 e. The first kappa shape index (κ1) is 20.5. The average Bonchev–Trinajstić information content (AvgIpc) is 3.28. The lowest BCUT2D eigenvalue weighted by Crippen LogP contribution is -2.13. The molecule has 0 spiro atoms. The molecule has 0 aliphatic rings. The second-order valence-electron chi connectivity index (χ2n) is 7.27. The molecule has 148 valence electrons. The van der Waals surface area contributed by atoms with E-state index in [0.717, 1.165) is 33.9 Å². The highest BCUT2D eigenvalue weighted by molar-refractivity contribution is 7.15. The highest BCUT2D eigenvalue weighted by atomic mass is 32.1. The Labute approximate surface area is 174 Å². The summed E-state index contributed by atoms with van der Waals surface area (Å²) in [7, 11) is 0. The van der Waals surface area contributed by atoms with Crippen LogP contribution in [0.15, 0.2) is 42.1 Å². The molecule has 7 heteroatoms. The summed E-state index contributed by atoms with van der Waals surface area (Å²) in [6, 6.07) is 11.9. The van der Waals surface area contributed by atoms with Crippen molar-refractivity contribution in [1.29, 1.82) is 5.26 Å². The molecular formula is C22H23N5OS. The van der Waals surface area contributed by atoms with Crippen LogP contribution in [0.4, 0.5) is 5.13 Å². The van der Waals surface area contributed by atoms with Crippen LogP contribution in [-0.2, 0) is 11.2 Å². The SMILES string of the molecule is Cc1cccc(C)c1-n1cccc1C=C(C#N)C(=O)Nc1nnc(CC(C)C)s1. The van der Waals surface area contributed by atoms with Crippen molar-refractivity contribution in [2.24, 2.45) is 5.92 Å². The summed E-state index contributed by atoms with van der Waals surface area (Å²) in [4.78, 5) is 12.6. The highest BCUT2D eigenvalue weighted by Crippen LogP contribution is 2.23. The van der Waals surface area contributed by atoms with Crippen LogP contribution in [0.1, 0.15) is 35.7 Å². The van der Waals surface area contributed by atoms with Crippen LogP contribution in [-0.4, -0.2) is 20.7 Å². The Hall–Kier alpha value is -3.24. The van der Waals surface area contributed by atoms with E-state index in [9.17, 15) is 10.1 Å². The van der Waals surface area contributed by atoms with Crippen LogP contribution in [0.5, 0.6) is 0 Å². The van der Waals surface area contributed by atoms with Crippen LogP contribution in [0.25, 0.3) is 11.8 Å². The normalized spacial score (nSPS) is 11.5. The third kappa shape index (κ3) is 4.79. The molecule has 1 aromatic carbocycles. The van der Waals surface area contributed by atoms with Gasteiger partial charge in [0.2, 0.25) is 5.13 Å². The topological polar surface area (TPSA) is 83.6 Å². The zero-order valence-corrected chi connectivity index (χ0v) is 17.7. The molecule has 0 bridgehead atoms. The quantitative estimate of drug-likeness (QED) is 0.476. The lowest BCUT2D eigenvalue weighted by Gasteiger charge is -2.13. The van der Waals surface area contributed by atoms with Crippen molar-refractivity contribution in [2.45, 2.75) is 34.1 Å². The molecule has 6 nitrogen and oxygen atoms in total. The fourth-order valence-corrected chi connectivity index (χ4v) is 4.04. The van der Waals surface area contributed by atoms with Gasteiger partial charge in [0.15, 0.2) is 0 Å². The molecule has 0 unspecified atom stereocenters. The largest absolute Gasteiger partial charge is 0.317 e. The molecule has 0 aliphatic carbocycles. The number of aromatic nitrogens is 3. The van der Waals surface area contributed by atoms with Gasteiger partial charge in [-0.3, -0.25) is 10.1 Å². The molecule has 2 aromatic heterocycles. The fourth-order valence-electron chi connectivity index (χ4n) is 3.10. The predicted molar refractivity (Wildman–Crippen MR) is 116 cm³/mol. The Bertz CT molecular complexity index is 1080. The molecule has 0 fully saturated rings. The Morgan fingerprint density at radius 3 is 2.62 bits per heavy atom. The van der Waals surface area contributed by atoms with Crippen LogP contribution in [0, 0.1) is 31.1 Å². The first-order valence-electron chi connectivity index (χ1n) is 9.38. The molecule has 0 aliphatic heterocycles. The third-order valence-electron chi connectivity index (χ3n) is 4.39. The van der Waals surface area contributed by atoms with Crippen molar-refractivity contribution in [1.82, 2.24) is 14.8 Å². The maximum Gasteiger partial charge on any atom is 0.268 e. The van der Waals surface area contributed by atoms with Gasteiger partial charge in [0.05, 0.1) is 5.69 Å². The number of carbonyl (C=O) groups is 1. The van der Waals surface area contributed by atoms with E-state index in [1.54, 1.807) is 6.08 Å². The molecule has 3 aromatic rings. The van der Waals surface area contributed by atoms with Crippen LogP contribution < -0.4 is 5.32 Å². The minimum absolute atomic E-state index is 0.0109. The molecular weight excluding hydrogens is 382 g/mol. The summed E-state index contributed by atoms with van der Waals surface area (Å²) in [6.45, 7) is 8.28. The molecule has 3 rings (SSSR count). The lowest BCUT2D eigenvalue weighted by molar-refractivity contribution is -0.112. The number of aryl methyl sites for hydroxylation is 2. The van der Waals surface area contributed by atoms with E-state index in [4.69, 9.17) is 0 Å². The van der Waals surface area contributed by atoms with E-state index in [2.05, 4.69) is 29.4 Å². The second kappa shape index (κ2) is 8.84. The zero-order valence-electron chi connectivity index (χ0n) is 16.9. The second-order valence-corrected chi connectivity index (χ2v) is 8.33. The first-order valence-corrected chi connectivity index (χ1v) is 10.2. The molecule has 0 saturated heterocycles. The Morgan fingerprint density at radius 1 is 1.24 bits per heavy atom. The Kier molecular flexibility index (Phi) is 6.25. The van der Waals surface area contributed by atoms with Gasteiger partial charge in [-0.05, 0) is 49.1 Å².